The molecule has 0 amide bonds. The van der Waals surface area contributed by atoms with Crippen LogP contribution in [0.25, 0.3) is 0 Å². The Labute approximate surface area is 121 Å². The molecule has 1 aliphatic carbocycles. The lowest BCUT2D eigenvalue weighted by Gasteiger charge is -2.36. The lowest BCUT2D eigenvalue weighted by Crippen LogP contribution is -2.47. The van der Waals surface area contributed by atoms with Gasteiger partial charge in [0.2, 0.25) is 0 Å². The number of nitrogens with two attached hydrogens (primary N) is 1. The lowest BCUT2D eigenvalue weighted by molar-refractivity contribution is 0.172. The number of aryl methyl sites for hydroxylation is 1. The molecule has 1 fully saturated rings. The second-order valence-electron chi connectivity index (χ2n) is 5.73. The van der Waals surface area contributed by atoms with E-state index in [-0.39, 0.29) is 5.54 Å². The molecule has 0 aromatic carbocycles. The summed E-state index contributed by atoms with van der Waals surface area (Å²) in [5.74, 6) is 7.76. The molecular formula is C14H26N6. The standard InChI is InChI=1S/C14H26N6/c1-4-11-17-12(9-13(18-11)19-15)16-10-14(20(2)3)7-5-6-8-14/h9H,4-8,10,15H2,1-3H3,(H2,16,17,18,19). The topological polar surface area (TPSA) is 79.1 Å². The van der Waals surface area contributed by atoms with Gasteiger partial charge in [0, 0.05) is 24.6 Å². The minimum absolute atomic E-state index is 0.244. The quantitative estimate of drug-likeness (QED) is 0.542. The van der Waals surface area contributed by atoms with Crippen LogP contribution in [0.15, 0.2) is 6.07 Å². The fourth-order valence-corrected chi connectivity index (χ4v) is 2.89. The minimum atomic E-state index is 0.244. The molecule has 0 unspecified atom stereocenters. The molecule has 0 saturated heterocycles. The largest absolute Gasteiger partial charge is 0.368 e. The Kier molecular flexibility index (Phi) is 4.77. The highest BCUT2D eigenvalue weighted by Gasteiger charge is 2.35. The van der Waals surface area contributed by atoms with E-state index in [4.69, 9.17) is 5.84 Å². The van der Waals surface area contributed by atoms with Gasteiger partial charge >= 0.3 is 0 Å². The molecule has 1 aromatic heterocycles. The van der Waals surface area contributed by atoms with Crippen molar-refractivity contribution in [1.29, 1.82) is 0 Å². The Morgan fingerprint density at radius 3 is 2.45 bits per heavy atom. The van der Waals surface area contributed by atoms with E-state index in [9.17, 15) is 0 Å². The van der Waals surface area contributed by atoms with Gasteiger partial charge in [-0.25, -0.2) is 15.8 Å². The van der Waals surface area contributed by atoms with E-state index in [0.29, 0.717) is 5.82 Å². The van der Waals surface area contributed by atoms with Gasteiger partial charge in [0.05, 0.1) is 0 Å². The van der Waals surface area contributed by atoms with Crippen LogP contribution in [0.2, 0.25) is 0 Å². The molecule has 0 atom stereocenters. The highest BCUT2D eigenvalue weighted by atomic mass is 15.3. The summed E-state index contributed by atoms with van der Waals surface area (Å²) in [6, 6.07) is 1.86. The zero-order valence-corrected chi connectivity index (χ0v) is 12.7. The summed E-state index contributed by atoms with van der Waals surface area (Å²) in [6.45, 7) is 2.95. The van der Waals surface area contributed by atoms with E-state index in [1.165, 1.54) is 25.7 Å². The van der Waals surface area contributed by atoms with Gasteiger partial charge in [-0.05, 0) is 26.9 Å². The first-order valence-corrected chi connectivity index (χ1v) is 7.35. The average Bonchev–Trinajstić information content (AvgIpc) is 2.95. The van der Waals surface area contributed by atoms with Crippen molar-refractivity contribution in [2.24, 2.45) is 5.84 Å². The third kappa shape index (κ3) is 3.19. The Bertz CT molecular complexity index is 417. The highest BCUT2D eigenvalue weighted by molar-refractivity contribution is 5.47. The van der Waals surface area contributed by atoms with E-state index in [2.05, 4.69) is 39.7 Å². The average molecular weight is 278 g/mol. The van der Waals surface area contributed by atoms with Crippen molar-refractivity contribution in [2.45, 2.75) is 44.6 Å². The molecule has 20 heavy (non-hydrogen) atoms. The Morgan fingerprint density at radius 1 is 1.25 bits per heavy atom. The zero-order valence-electron chi connectivity index (χ0n) is 12.7. The van der Waals surface area contributed by atoms with Gasteiger partial charge in [-0.15, -0.1) is 0 Å². The first kappa shape index (κ1) is 15.0. The number of nitrogens with one attached hydrogen (secondary N) is 2. The van der Waals surface area contributed by atoms with E-state index in [0.717, 1.165) is 24.6 Å². The summed E-state index contributed by atoms with van der Waals surface area (Å²) in [7, 11) is 4.33. The SMILES string of the molecule is CCc1nc(NN)cc(NCC2(N(C)C)CCCC2)n1. The summed E-state index contributed by atoms with van der Waals surface area (Å²) >= 11 is 0. The van der Waals surface area contributed by atoms with Gasteiger partial charge < -0.3 is 15.6 Å². The number of hydrogen-bond donors (Lipinski definition) is 3. The minimum Gasteiger partial charge on any atom is -0.368 e. The highest BCUT2D eigenvalue weighted by Crippen LogP contribution is 2.33. The first-order chi connectivity index (χ1) is 9.59. The number of aromatic nitrogens is 2. The molecule has 1 aliphatic rings. The number of anilines is 2. The summed E-state index contributed by atoms with van der Waals surface area (Å²) < 4.78 is 0. The fraction of sp³-hybridized carbons (Fsp3) is 0.714. The Morgan fingerprint density at radius 2 is 1.90 bits per heavy atom. The number of hydrazine groups is 1. The molecule has 1 aromatic rings. The van der Waals surface area contributed by atoms with Crippen molar-refractivity contribution < 1.29 is 0 Å². The van der Waals surface area contributed by atoms with Gasteiger partial charge in [0.1, 0.15) is 17.5 Å². The van der Waals surface area contributed by atoms with E-state index in [1.807, 2.05) is 13.0 Å². The molecule has 0 spiro atoms. The summed E-state index contributed by atoms with van der Waals surface area (Å²) in [5.41, 5.74) is 2.84. The fourth-order valence-electron chi connectivity index (χ4n) is 2.89. The van der Waals surface area contributed by atoms with Crippen LogP contribution in [-0.4, -0.2) is 41.0 Å². The monoisotopic (exact) mass is 278 g/mol. The molecule has 112 valence electrons. The molecule has 0 bridgehead atoms. The van der Waals surface area contributed by atoms with E-state index < -0.39 is 0 Å². The maximum Gasteiger partial charge on any atom is 0.145 e. The summed E-state index contributed by atoms with van der Waals surface area (Å²) in [6.07, 6.45) is 5.88. The smallest absolute Gasteiger partial charge is 0.145 e. The molecule has 1 saturated carbocycles. The van der Waals surface area contributed by atoms with Gasteiger partial charge in [0.15, 0.2) is 0 Å². The van der Waals surface area contributed by atoms with E-state index in [1.54, 1.807) is 0 Å². The molecule has 1 heterocycles. The molecule has 0 radical (unpaired) electrons. The predicted octanol–water partition coefficient (Wildman–Crippen LogP) is 1.61. The van der Waals surface area contributed by atoms with Crippen LogP contribution in [0.1, 0.15) is 38.4 Å². The van der Waals surface area contributed by atoms with Crippen molar-refractivity contribution >= 4 is 11.6 Å². The normalized spacial score (nSPS) is 17.4. The maximum atomic E-state index is 5.46. The van der Waals surface area contributed by atoms with Crippen LogP contribution in [0.3, 0.4) is 0 Å². The van der Waals surface area contributed by atoms with Crippen LogP contribution >= 0.6 is 0 Å². The van der Waals surface area contributed by atoms with Crippen LogP contribution in [0.4, 0.5) is 11.6 Å². The second-order valence-corrected chi connectivity index (χ2v) is 5.73. The van der Waals surface area contributed by atoms with E-state index >= 15 is 0 Å². The van der Waals surface area contributed by atoms with Crippen molar-refractivity contribution in [3.05, 3.63) is 11.9 Å². The van der Waals surface area contributed by atoms with Crippen LogP contribution in [0.5, 0.6) is 0 Å². The molecule has 6 heteroatoms. The van der Waals surface area contributed by atoms with Crippen molar-refractivity contribution in [2.75, 3.05) is 31.4 Å². The molecule has 2 rings (SSSR count). The second kappa shape index (κ2) is 6.37. The number of likely N-dealkylation sites (N-methyl/N-ethyl adjacent to an activating group) is 1. The zero-order chi connectivity index (χ0) is 14.6. The third-order valence-electron chi connectivity index (χ3n) is 4.32. The van der Waals surface area contributed by atoms with Crippen molar-refractivity contribution in [1.82, 2.24) is 14.9 Å². The van der Waals surface area contributed by atoms with Crippen molar-refractivity contribution in [3.8, 4) is 0 Å². The van der Waals surface area contributed by atoms with Crippen LogP contribution in [-0.2, 0) is 6.42 Å². The number of rotatable bonds is 6. The Hall–Kier alpha value is -1.40. The van der Waals surface area contributed by atoms with Gasteiger partial charge in [-0.2, -0.15) is 0 Å². The first-order valence-electron chi connectivity index (χ1n) is 7.35. The molecular weight excluding hydrogens is 252 g/mol. The van der Waals surface area contributed by atoms with Gasteiger partial charge in [0.25, 0.3) is 0 Å². The van der Waals surface area contributed by atoms with Gasteiger partial charge in [-0.1, -0.05) is 19.8 Å². The number of nitrogens with zero attached hydrogens (tertiary/aromatic N) is 3. The summed E-state index contributed by atoms with van der Waals surface area (Å²) in [4.78, 5) is 11.2. The maximum absolute atomic E-state index is 5.46. The lowest BCUT2D eigenvalue weighted by atomic mass is 9.96. The molecule has 4 N–H and O–H groups in total. The van der Waals surface area contributed by atoms with Crippen LogP contribution < -0.4 is 16.6 Å². The number of hydrogen-bond acceptors (Lipinski definition) is 6. The predicted molar refractivity (Wildman–Crippen MR) is 82.6 cm³/mol. The number of nitrogen functional groups attached to an aromatic ring is 1. The third-order valence-corrected chi connectivity index (χ3v) is 4.32. The van der Waals surface area contributed by atoms with Crippen LogP contribution in [0, 0.1) is 0 Å². The van der Waals surface area contributed by atoms with Crippen molar-refractivity contribution in [3.63, 3.8) is 0 Å². The molecule has 0 aliphatic heterocycles. The summed E-state index contributed by atoms with van der Waals surface area (Å²) in [5, 5.41) is 3.47. The van der Waals surface area contributed by atoms with Gasteiger partial charge in [-0.3, -0.25) is 0 Å². The Balaban J connectivity index is 2.09. The molecule has 6 nitrogen and oxygen atoms in total.